The standard InChI is InChI=1S/C29H31Cl3N2O2/c1-20(2)18-33-29(36)27(17-21-9-4-3-5-10-21)34(19-23-25(31)13-8-14-26(23)32)28(35)16-15-22-11-6-7-12-24(22)30/h3-14,20,27H,15-19H2,1-2H3,(H,33,36)/t27-/m0/s1. The summed E-state index contributed by atoms with van der Waals surface area (Å²) in [7, 11) is 0. The van der Waals surface area contributed by atoms with E-state index in [1.807, 2.05) is 62.4 Å². The lowest BCUT2D eigenvalue weighted by atomic mass is 10.0. The molecule has 0 aromatic heterocycles. The first-order chi connectivity index (χ1) is 17.3. The fourth-order valence-corrected chi connectivity index (χ4v) is 4.66. The third-order valence-electron chi connectivity index (χ3n) is 5.91. The third-order valence-corrected chi connectivity index (χ3v) is 6.99. The van der Waals surface area contributed by atoms with Gasteiger partial charge >= 0.3 is 0 Å². The molecule has 0 radical (unpaired) electrons. The Kier molecular flexibility index (Phi) is 10.7. The highest BCUT2D eigenvalue weighted by Gasteiger charge is 2.31. The maximum absolute atomic E-state index is 13.7. The van der Waals surface area contributed by atoms with Crippen molar-refractivity contribution in [3.05, 3.63) is 105 Å². The molecule has 0 aliphatic heterocycles. The first kappa shape index (κ1) is 28.0. The Balaban J connectivity index is 1.96. The summed E-state index contributed by atoms with van der Waals surface area (Å²) >= 11 is 19.3. The SMILES string of the molecule is CC(C)CNC(=O)[C@H](Cc1ccccc1)N(Cc1c(Cl)cccc1Cl)C(=O)CCc1ccccc1Cl. The summed E-state index contributed by atoms with van der Waals surface area (Å²) in [6, 6.07) is 21.6. The lowest BCUT2D eigenvalue weighted by Gasteiger charge is -2.32. The molecule has 1 atom stereocenters. The highest BCUT2D eigenvalue weighted by atomic mass is 35.5. The largest absolute Gasteiger partial charge is 0.354 e. The summed E-state index contributed by atoms with van der Waals surface area (Å²) in [5.74, 6) is -0.109. The first-order valence-corrected chi connectivity index (χ1v) is 13.2. The minimum Gasteiger partial charge on any atom is -0.354 e. The van der Waals surface area contributed by atoms with Crippen molar-refractivity contribution in [2.24, 2.45) is 5.92 Å². The van der Waals surface area contributed by atoms with Gasteiger partial charge in [-0.05, 0) is 41.7 Å². The number of carbonyl (C=O) groups is 2. The second-order valence-electron chi connectivity index (χ2n) is 9.16. The number of hydrogen-bond donors (Lipinski definition) is 1. The van der Waals surface area contributed by atoms with Gasteiger partial charge in [0.15, 0.2) is 0 Å². The van der Waals surface area contributed by atoms with Gasteiger partial charge in [-0.3, -0.25) is 9.59 Å². The molecule has 0 fully saturated rings. The Bertz CT molecular complexity index is 1150. The van der Waals surface area contributed by atoms with Crippen molar-refractivity contribution in [2.75, 3.05) is 6.54 Å². The zero-order valence-corrected chi connectivity index (χ0v) is 22.8. The third kappa shape index (κ3) is 7.99. The molecule has 0 aliphatic rings. The van der Waals surface area contributed by atoms with Crippen LogP contribution < -0.4 is 5.32 Å². The van der Waals surface area contributed by atoms with Crippen LogP contribution in [0.2, 0.25) is 15.1 Å². The van der Waals surface area contributed by atoms with Crippen LogP contribution in [0.4, 0.5) is 0 Å². The molecule has 0 saturated heterocycles. The Labute approximate surface area is 228 Å². The Morgan fingerprint density at radius 2 is 1.44 bits per heavy atom. The van der Waals surface area contributed by atoms with Crippen molar-refractivity contribution in [3.8, 4) is 0 Å². The summed E-state index contributed by atoms with van der Waals surface area (Å²) in [4.78, 5) is 28.8. The van der Waals surface area contributed by atoms with Crippen LogP contribution in [0.1, 0.15) is 37.0 Å². The van der Waals surface area contributed by atoms with Crippen LogP contribution in [-0.2, 0) is 29.0 Å². The summed E-state index contributed by atoms with van der Waals surface area (Å²) in [6.07, 6.45) is 1.01. The van der Waals surface area contributed by atoms with Gasteiger partial charge in [-0.2, -0.15) is 0 Å². The summed E-state index contributed by atoms with van der Waals surface area (Å²) in [5, 5.41) is 4.53. The highest BCUT2D eigenvalue weighted by molar-refractivity contribution is 6.36. The smallest absolute Gasteiger partial charge is 0.243 e. The van der Waals surface area contributed by atoms with Crippen LogP contribution in [0.3, 0.4) is 0 Å². The fourth-order valence-electron chi connectivity index (χ4n) is 3.92. The molecule has 2 amide bonds. The van der Waals surface area contributed by atoms with E-state index in [0.717, 1.165) is 11.1 Å². The lowest BCUT2D eigenvalue weighted by Crippen LogP contribution is -2.51. The number of aryl methyl sites for hydroxylation is 1. The lowest BCUT2D eigenvalue weighted by molar-refractivity contribution is -0.141. The molecular formula is C29H31Cl3N2O2. The fraction of sp³-hybridized carbons (Fsp3) is 0.310. The quantitative estimate of drug-likeness (QED) is 0.282. The molecule has 36 heavy (non-hydrogen) atoms. The second kappa shape index (κ2) is 13.7. The van der Waals surface area contributed by atoms with E-state index in [1.54, 1.807) is 29.2 Å². The van der Waals surface area contributed by atoms with E-state index >= 15 is 0 Å². The maximum atomic E-state index is 13.7. The number of rotatable bonds is 11. The van der Waals surface area contributed by atoms with Crippen LogP contribution >= 0.6 is 34.8 Å². The van der Waals surface area contributed by atoms with E-state index in [1.165, 1.54) is 0 Å². The maximum Gasteiger partial charge on any atom is 0.243 e. The molecule has 3 aromatic rings. The van der Waals surface area contributed by atoms with E-state index in [9.17, 15) is 9.59 Å². The molecule has 190 valence electrons. The van der Waals surface area contributed by atoms with E-state index in [0.29, 0.717) is 40.0 Å². The van der Waals surface area contributed by atoms with Gasteiger partial charge in [-0.1, -0.05) is 103 Å². The van der Waals surface area contributed by atoms with Crippen LogP contribution in [0.25, 0.3) is 0 Å². The number of nitrogens with zero attached hydrogens (tertiary/aromatic N) is 1. The van der Waals surface area contributed by atoms with E-state index < -0.39 is 6.04 Å². The summed E-state index contributed by atoms with van der Waals surface area (Å²) in [6.45, 7) is 4.69. The molecule has 3 aromatic carbocycles. The number of halogens is 3. The van der Waals surface area contributed by atoms with Crippen molar-refractivity contribution in [1.82, 2.24) is 10.2 Å². The molecule has 4 nitrogen and oxygen atoms in total. The number of benzene rings is 3. The highest BCUT2D eigenvalue weighted by Crippen LogP contribution is 2.28. The summed E-state index contributed by atoms with van der Waals surface area (Å²) < 4.78 is 0. The molecule has 0 saturated carbocycles. The van der Waals surface area contributed by atoms with Crippen molar-refractivity contribution >= 4 is 46.6 Å². The predicted molar refractivity (Wildman–Crippen MR) is 149 cm³/mol. The zero-order chi connectivity index (χ0) is 26.1. The van der Waals surface area contributed by atoms with Gasteiger partial charge in [0.1, 0.15) is 6.04 Å². The number of amides is 2. The van der Waals surface area contributed by atoms with Crippen molar-refractivity contribution in [3.63, 3.8) is 0 Å². The Morgan fingerprint density at radius 1 is 0.833 bits per heavy atom. The molecule has 0 unspecified atom stereocenters. The molecule has 0 aliphatic carbocycles. The topological polar surface area (TPSA) is 49.4 Å². The molecule has 0 spiro atoms. The Hall–Kier alpha value is -2.53. The summed E-state index contributed by atoms with van der Waals surface area (Å²) in [5.41, 5.74) is 2.45. The molecule has 3 rings (SSSR count). The van der Waals surface area contributed by atoms with Gasteiger partial charge in [0, 0.05) is 46.6 Å². The molecule has 1 N–H and O–H groups in total. The molecule has 0 bridgehead atoms. The number of hydrogen-bond acceptors (Lipinski definition) is 2. The normalized spacial score (nSPS) is 11.8. The van der Waals surface area contributed by atoms with Gasteiger partial charge < -0.3 is 10.2 Å². The van der Waals surface area contributed by atoms with Crippen LogP contribution in [0.15, 0.2) is 72.8 Å². The van der Waals surface area contributed by atoms with Crippen LogP contribution in [0.5, 0.6) is 0 Å². The van der Waals surface area contributed by atoms with Crippen molar-refractivity contribution in [1.29, 1.82) is 0 Å². The van der Waals surface area contributed by atoms with Gasteiger partial charge in [0.2, 0.25) is 11.8 Å². The predicted octanol–water partition coefficient (Wildman–Crippen LogP) is 6.99. The van der Waals surface area contributed by atoms with Crippen LogP contribution in [-0.4, -0.2) is 29.3 Å². The van der Waals surface area contributed by atoms with Crippen LogP contribution in [0, 0.1) is 5.92 Å². The average Bonchev–Trinajstić information content (AvgIpc) is 2.86. The second-order valence-corrected chi connectivity index (χ2v) is 10.4. The van der Waals surface area contributed by atoms with E-state index in [-0.39, 0.29) is 30.7 Å². The van der Waals surface area contributed by atoms with Gasteiger partial charge in [0.25, 0.3) is 0 Å². The van der Waals surface area contributed by atoms with Crippen molar-refractivity contribution < 1.29 is 9.59 Å². The average molecular weight is 546 g/mol. The van der Waals surface area contributed by atoms with Gasteiger partial charge in [-0.25, -0.2) is 0 Å². The van der Waals surface area contributed by atoms with E-state index in [2.05, 4.69) is 5.32 Å². The minimum absolute atomic E-state index is 0.118. The minimum atomic E-state index is -0.739. The number of carbonyl (C=O) groups excluding carboxylic acids is 2. The molecule has 7 heteroatoms. The van der Waals surface area contributed by atoms with Gasteiger partial charge in [-0.15, -0.1) is 0 Å². The number of nitrogens with one attached hydrogen (secondary N) is 1. The van der Waals surface area contributed by atoms with Crippen molar-refractivity contribution in [2.45, 2.75) is 45.7 Å². The van der Waals surface area contributed by atoms with E-state index in [4.69, 9.17) is 34.8 Å². The molecule has 0 heterocycles. The monoisotopic (exact) mass is 544 g/mol. The van der Waals surface area contributed by atoms with Gasteiger partial charge in [0.05, 0.1) is 0 Å². The molecular weight excluding hydrogens is 515 g/mol. The Morgan fingerprint density at radius 3 is 2.08 bits per heavy atom. The zero-order valence-electron chi connectivity index (χ0n) is 20.5. The first-order valence-electron chi connectivity index (χ1n) is 12.0.